The van der Waals surface area contributed by atoms with Crippen molar-refractivity contribution in [3.8, 4) is 0 Å². The number of benzene rings is 1. The van der Waals surface area contributed by atoms with Gasteiger partial charge in [-0.15, -0.1) is 0 Å². The van der Waals surface area contributed by atoms with Gasteiger partial charge in [0.25, 0.3) is 0 Å². The molecule has 0 aliphatic rings. The number of hydrogen-bond donors (Lipinski definition) is 3. The predicted molar refractivity (Wildman–Crippen MR) is 64.7 cm³/mol. The lowest BCUT2D eigenvalue weighted by molar-refractivity contribution is -0.123. The molecule has 0 bridgehead atoms. The van der Waals surface area contributed by atoms with E-state index in [2.05, 4.69) is 5.32 Å². The Balaban J connectivity index is 2.32. The molecular formula is C12H17N3O2. The molecule has 0 fully saturated rings. The maximum absolute atomic E-state index is 11.5. The van der Waals surface area contributed by atoms with Crippen molar-refractivity contribution in [2.24, 2.45) is 11.5 Å². The molecule has 0 heterocycles. The van der Waals surface area contributed by atoms with E-state index in [9.17, 15) is 9.59 Å². The third-order valence-corrected chi connectivity index (χ3v) is 2.35. The standard InChI is InChI=1S/C12H17N3O2/c13-10(6-7-11(14)16)12(17)15-8-9-4-2-1-3-5-9/h1-5,10H,6-8,13H2,(H2,14,16)(H,15,17). The molecule has 2 amide bonds. The molecule has 5 heteroatoms. The van der Waals surface area contributed by atoms with E-state index in [-0.39, 0.29) is 18.7 Å². The van der Waals surface area contributed by atoms with Crippen LogP contribution in [0.25, 0.3) is 0 Å². The summed E-state index contributed by atoms with van der Waals surface area (Å²) in [7, 11) is 0. The zero-order valence-electron chi connectivity index (χ0n) is 9.56. The minimum Gasteiger partial charge on any atom is -0.370 e. The van der Waals surface area contributed by atoms with Gasteiger partial charge in [-0.2, -0.15) is 0 Å². The second kappa shape index (κ2) is 6.65. The molecule has 0 saturated carbocycles. The monoisotopic (exact) mass is 235 g/mol. The maximum Gasteiger partial charge on any atom is 0.237 e. The second-order valence-corrected chi connectivity index (χ2v) is 3.81. The summed E-state index contributed by atoms with van der Waals surface area (Å²) >= 11 is 0. The Labute approximate surface area is 100 Å². The van der Waals surface area contributed by atoms with Gasteiger partial charge in [-0.25, -0.2) is 0 Å². The van der Waals surface area contributed by atoms with E-state index in [1.165, 1.54) is 0 Å². The van der Waals surface area contributed by atoms with E-state index in [0.29, 0.717) is 6.54 Å². The molecular weight excluding hydrogens is 218 g/mol. The van der Waals surface area contributed by atoms with E-state index in [4.69, 9.17) is 11.5 Å². The van der Waals surface area contributed by atoms with Gasteiger partial charge in [-0.05, 0) is 12.0 Å². The predicted octanol–water partition coefficient (Wildman–Crippen LogP) is -0.104. The van der Waals surface area contributed by atoms with Crippen LogP contribution in [0.3, 0.4) is 0 Å². The van der Waals surface area contributed by atoms with E-state index in [0.717, 1.165) is 5.56 Å². The lowest BCUT2D eigenvalue weighted by Gasteiger charge is -2.11. The Morgan fingerprint density at radius 3 is 2.47 bits per heavy atom. The number of primary amides is 1. The second-order valence-electron chi connectivity index (χ2n) is 3.81. The van der Waals surface area contributed by atoms with Crippen molar-refractivity contribution in [3.05, 3.63) is 35.9 Å². The van der Waals surface area contributed by atoms with E-state index in [1.54, 1.807) is 0 Å². The zero-order valence-corrected chi connectivity index (χ0v) is 9.56. The van der Waals surface area contributed by atoms with Gasteiger partial charge >= 0.3 is 0 Å². The first kappa shape index (κ1) is 13.2. The minimum absolute atomic E-state index is 0.125. The number of carbonyl (C=O) groups is 2. The van der Waals surface area contributed by atoms with Gasteiger partial charge in [0.15, 0.2) is 0 Å². The maximum atomic E-state index is 11.5. The average molecular weight is 235 g/mol. The number of amides is 2. The summed E-state index contributed by atoms with van der Waals surface area (Å²) in [6, 6.07) is 8.84. The van der Waals surface area contributed by atoms with Crippen molar-refractivity contribution in [2.75, 3.05) is 0 Å². The third kappa shape index (κ3) is 5.12. The number of nitrogens with one attached hydrogen (secondary N) is 1. The molecule has 0 aliphatic heterocycles. The van der Waals surface area contributed by atoms with Crippen molar-refractivity contribution >= 4 is 11.8 Å². The summed E-state index contributed by atoms with van der Waals surface area (Å²) < 4.78 is 0. The normalized spacial score (nSPS) is 11.8. The van der Waals surface area contributed by atoms with Crippen LogP contribution in [0.4, 0.5) is 0 Å². The topological polar surface area (TPSA) is 98.2 Å². The number of hydrogen-bond acceptors (Lipinski definition) is 3. The molecule has 0 aliphatic carbocycles. The average Bonchev–Trinajstić information content (AvgIpc) is 2.34. The highest BCUT2D eigenvalue weighted by atomic mass is 16.2. The van der Waals surface area contributed by atoms with Crippen LogP contribution in [0, 0.1) is 0 Å². The van der Waals surface area contributed by atoms with Gasteiger partial charge in [0.05, 0.1) is 6.04 Å². The van der Waals surface area contributed by atoms with Crippen molar-refractivity contribution in [2.45, 2.75) is 25.4 Å². The first-order chi connectivity index (χ1) is 8.09. The lowest BCUT2D eigenvalue weighted by Crippen LogP contribution is -2.40. The van der Waals surface area contributed by atoms with Crippen LogP contribution in [0.2, 0.25) is 0 Å². The summed E-state index contributed by atoms with van der Waals surface area (Å²) in [6.07, 6.45) is 0.399. The smallest absolute Gasteiger partial charge is 0.237 e. The molecule has 1 unspecified atom stereocenters. The van der Waals surface area contributed by atoms with Gasteiger partial charge in [0.1, 0.15) is 0 Å². The molecule has 1 rings (SSSR count). The van der Waals surface area contributed by atoms with Crippen LogP contribution in [0.15, 0.2) is 30.3 Å². The largest absolute Gasteiger partial charge is 0.370 e. The van der Waals surface area contributed by atoms with Gasteiger partial charge in [-0.1, -0.05) is 30.3 Å². The summed E-state index contributed by atoms with van der Waals surface area (Å²) in [5.41, 5.74) is 11.6. The highest BCUT2D eigenvalue weighted by Crippen LogP contribution is 1.99. The van der Waals surface area contributed by atoms with E-state index in [1.807, 2.05) is 30.3 Å². The van der Waals surface area contributed by atoms with Crippen molar-refractivity contribution in [1.29, 1.82) is 0 Å². The Morgan fingerprint density at radius 2 is 1.88 bits per heavy atom. The molecule has 1 aromatic carbocycles. The van der Waals surface area contributed by atoms with E-state index < -0.39 is 11.9 Å². The SMILES string of the molecule is NC(=O)CCC(N)C(=O)NCc1ccccc1. The van der Waals surface area contributed by atoms with Crippen molar-refractivity contribution in [1.82, 2.24) is 5.32 Å². The van der Waals surface area contributed by atoms with Gasteiger partial charge in [-0.3, -0.25) is 9.59 Å². The van der Waals surface area contributed by atoms with Crippen LogP contribution < -0.4 is 16.8 Å². The first-order valence-electron chi connectivity index (χ1n) is 5.45. The highest BCUT2D eigenvalue weighted by Gasteiger charge is 2.13. The number of rotatable bonds is 6. The van der Waals surface area contributed by atoms with Crippen LogP contribution in [0.1, 0.15) is 18.4 Å². The third-order valence-electron chi connectivity index (χ3n) is 2.35. The molecule has 1 aromatic rings. The zero-order chi connectivity index (χ0) is 12.7. The molecule has 17 heavy (non-hydrogen) atoms. The molecule has 0 spiro atoms. The molecule has 5 N–H and O–H groups in total. The summed E-state index contributed by atoms with van der Waals surface area (Å²) in [6.45, 7) is 0.434. The molecule has 92 valence electrons. The van der Waals surface area contributed by atoms with Crippen LogP contribution in [-0.4, -0.2) is 17.9 Å². The molecule has 0 aromatic heterocycles. The fourth-order valence-electron chi connectivity index (χ4n) is 1.34. The van der Waals surface area contributed by atoms with E-state index >= 15 is 0 Å². The first-order valence-corrected chi connectivity index (χ1v) is 5.45. The lowest BCUT2D eigenvalue weighted by atomic mass is 10.1. The molecule has 1 atom stereocenters. The summed E-state index contributed by atoms with van der Waals surface area (Å²) in [4.78, 5) is 22.1. The van der Waals surface area contributed by atoms with Gasteiger partial charge in [0, 0.05) is 13.0 Å². The summed E-state index contributed by atoms with van der Waals surface area (Å²) in [5.74, 6) is -0.716. The fourth-order valence-corrected chi connectivity index (χ4v) is 1.34. The Bertz CT molecular complexity index is 379. The van der Waals surface area contributed by atoms with Crippen LogP contribution in [0.5, 0.6) is 0 Å². The highest BCUT2D eigenvalue weighted by molar-refractivity contribution is 5.82. The van der Waals surface area contributed by atoms with Crippen molar-refractivity contribution in [3.63, 3.8) is 0 Å². The number of nitrogens with two attached hydrogens (primary N) is 2. The Kier molecular flexibility index (Phi) is 5.16. The molecule has 0 radical (unpaired) electrons. The van der Waals surface area contributed by atoms with Crippen LogP contribution >= 0.6 is 0 Å². The van der Waals surface area contributed by atoms with Crippen molar-refractivity contribution < 1.29 is 9.59 Å². The van der Waals surface area contributed by atoms with Gasteiger partial charge in [0.2, 0.25) is 11.8 Å². The minimum atomic E-state index is -0.689. The van der Waals surface area contributed by atoms with Gasteiger partial charge < -0.3 is 16.8 Å². The fraction of sp³-hybridized carbons (Fsp3) is 0.333. The Hall–Kier alpha value is -1.88. The molecule has 0 saturated heterocycles. The number of carbonyl (C=O) groups excluding carboxylic acids is 2. The molecule has 5 nitrogen and oxygen atoms in total. The summed E-state index contributed by atoms with van der Waals surface area (Å²) in [5, 5.41) is 2.71. The Morgan fingerprint density at radius 1 is 1.24 bits per heavy atom. The quantitative estimate of drug-likeness (QED) is 0.642. The van der Waals surface area contributed by atoms with Crippen LogP contribution in [-0.2, 0) is 16.1 Å².